The van der Waals surface area contributed by atoms with E-state index in [2.05, 4.69) is 5.32 Å². The van der Waals surface area contributed by atoms with Crippen molar-refractivity contribution in [2.45, 2.75) is 44.9 Å². The highest BCUT2D eigenvalue weighted by Crippen LogP contribution is 2.28. The lowest BCUT2D eigenvalue weighted by molar-refractivity contribution is -0.147. The van der Waals surface area contributed by atoms with Gasteiger partial charge in [-0.25, -0.2) is 0 Å². The third-order valence-electron chi connectivity index (χ3n) is 4.41. The Balaban J connectivity index is 1.77. The van der Waals surface area contributed by atoms with Gasteiger partial charge < -0.3 is 10.4 Å². The van der Waals surface area contributed by atoms with Crippen molar-refractivity contribution < 1.29 is 14.7 Å². The second kappa shape index (κ2) is 6.73. The number of carboxylic acids is 1. The molecule has 2 aliphatic carbocycles. The summed E-state index contributed by atoms with van der Waals surface area (Å²) in [6.07, 6.45) is 11.0. The summed E-state index contributed by atoms with van der Waals surface area (Å²) in [5.74, 6) is -1.15. The number of hydrogen-bond acceptors (Lipinski definition) is 2. The normalized spacial score (nSPS) is 27.4. The van der Waals surface area contributed by atoms with Crippen molar-refractivity contribution in [2.75, 3.05) is 6.54 Å². The van der Waals surface area contributed by atoms with Crippen molar-refractivity contribution in [1.82, 2.24) is 5.32 Å². The molecule has 2 rings (SSSR count). The molecule has 0 aromatic rings. The Hall–Kier alpha value is -1.32. The molecule has 1 amide bonds. The van der Waals surface area contributed by atoms with E-state index in [1.165, 1.54) is 25.7 Å². The van der Waals surface area contributed by atoms with E-state index >= 15 is 0 Å². The minimum atomic E-state index is -0.861. The van der Waals surface area contributed by atoms with Gasteiger partial charge in [-0.05, 0) is 25.2 Å². The lowest BCUT2D eigenvalue weighted by Crippen LogP contribution is -2.39. The van der Waals surface area contributed by atoms with Crippen molar-refractivity contribution in [2.24, 2.45) is 17.8 Å². The summed E-state index contributed by atoms with van der Waals surface area (Å²) in [6, 6.07) is 0. The Morgan fingerprint density at radius 1 is 1.11 bits per heavy atom. The first-order chi connectivity index (χ1) is 9.18. The van der Waals surface area contributed by atoms with Gasteiger partial charge in [0.1, 0.15) is 0 Å². The van der Waals surface area contributed by atoms with E-state index in [0.717, 1.165) is 12.3 Å². The van der Waals surface area contributed by atoms with Crippen LogP contribution >= 0.6 is 0 Å². The molecule has 0 spiro atoms. The Kier molecular flexibility index (Phi) is 5.00. The minimum Gasteiger partial charge on any atom is -0.481 e. The molecule has 4 heteroatoms. The number of hydrogen-bond donors (Lipinski definition) is 2. The first-order valence-electron chi connectivity index (χ1n) is 7.34. The molecular weight excluding hydrogens is 242 g/mol. The summed E-state index contributed by atoms with van der Waals surface area (Å²) in [5.41, 5.74) is 0. The third kappa shape index (κ3) is 3.82. The van der Waals surface area contributed by atoms with Gasteiger partial charge in [-0.3, -0.25) is 9.59 Å². The van der Waals surface area contributed by atoms with Crippen LogP contribution in [0.5, 0.6) is 0 Å². The van der Waals surface area contributed by atoms with Crippen molar-refractivity contribution in [3.05, 3.63) is 12.2 Å². The van der Waals surface area contributed by atoms with Gasteiger partial charge in [0.15, 0.2) is 0 Å². The number of amides is 1. The molecule has 0 heterocycles. The maximum absolute atomic E-state index is 12.1. The Bertz CT molecular complexity index is 358. The van der Waals surface area contributed by atoms with E-state index in [-0.39, 0.29) is 5.91 Å². The predicted octanol–water partition coefficient (Wildman–Crippen LogP) is 2.35. The summed E-state index contributed by atoms with van der Waals surface area (Å²) in [5, 5.41) is 12.1. The van der Waals surface area contributed by atoms with Crippen LogP contribution in [0.4, 0.5) is 0 Å². The van der Waals surface area contributed by atoms with Crippen LogP contribution in [0.15, 0.2) is 12.2 Å². The molecule has 0 aliphatic heterocycles. The molecule has 0 aromatic carbocycles. The second-order valence-corrected chi connectivity index (χ2v) is 5.72. The Labute approximate surface area is 114 Å². The highest BCUT2D eigenvalue weighted by Gasteiger charge is 2.33. The van der Waals surface area contributed by atoms with Crippen LogP contribution in [0.2, 0.25) is 0 Å². The molecule has 2 N–H and O–H groups in total. The van der Waals surface area contributed by atoms with Crippen LogP contribution in [-0.2, 0) is 9.59 Å². The summed E-state index contributed by atoms with van der Waals surface area (Å²) in [7, 11) is 0. The average molecular weight is 265 g/mol. The van der Waals surface area contributed by atoms with Crippen LogP contribution in [-0.4, -0.2) is 23.5 Å². The maximum Gasteiger partial charge on any atom is 0.307 e. The standard InChI is InChI=1S/C15H23NO3/c17-14(16-10-9-11-5-1-2-6-11)12-7-3-4-8-13(12)15(18)19/h3-4,11-13H,1-2,5-10H2,(H,16,17)(H,18,19). The van der Waals surface area contributed by atoms with Gasteiger partial charge in [0.25, 0.3) is 0 Å². The molecule has 2 aliphatic rings. The van der Waals surface area contributed by atoms with Crippen molar-refractivity contribution in [3.8, 4) is 0 Å². The van der Waals surface area contributed by atoms with Gasteiger partial charge in [0.05, 0.1) is 11.8 Å². The summed E-state index contributed by atoms with van der Waals surface area (Å²) >= 11 is 0. The lowest BCUT2D eigenvalue weighted by Gasteiger charge is -2.24. The largest absolute Gasteiger partial charge is 0.481 e. The monoisotopic (exact) mass is 265 g/mol. The minimum absolute atomic E-state index is 0.0882. The molecule has 19 heavy (non-hydrogen) atoms. The van der Waals surface area contributed by atoms with Gasteiger partial charge in [0, 0.05) is 6.54 Å². The van der Waals surface area contributed by atoms with E-state index in [1.807, 2.05) is 12.2 Å². The zero-order valence-corrected chi connectivity index (χ0v) is 11.3. The number of aliphatic carboxylic acids is 1. The van der Waals surface area contributed by atoms with Gasteiger partial charge in [-0.15, -0.1) is 0 Å². The van der Waals surface area contributed by atoms with E-state index in [0.29, 0.717) is 19.4 Å². The zero-order chi connectivity index (χ0) is 13.7. The number of nitrogens with one attached hydrogen (secondary N) is 1. The summed E-state index contributed by atoms with van der Waals surface area (Å²) < 4.78 is 0. The average Bonchev–Trinajstić information content (AvgIpc) is 2.91. The zero-order valence-electron chi connectivity index (χ0n) is 11.3. The maximum atomic E-state index is 12.1. The van der Waals surface area contributed by atoms with Gasteiger partial charge in [-0.2, -0.15) is 0 Å². The van der Waals surface area contributed by atoms with E-state index in [9.17, 15) is 9.59 Å². The van der Waals surface area contributed by atoms with Crippen LogP contribution in [0.3, 0.4) is 0 Å². The smallest absolute Gasteiger partial charge is 0.307 e. The van der Waals surface area contributed by atoms with Crippen LogP contribution in [0.25, 0.3) is 0 Å². The number of allylic oxidation sites excluding steroid dienone is 2. The summed E-state index contributed by atoms with van der Waals surface area (Å²) in [4.78, 5) is 23.2. The number of carbonyl (C=O) groups excluding carboxylic acids is 1. The second-order valence-electron chi connectivity index (χ2n) is 5.72. The van der Waals surface area contributed by atoms with Crippen LogP contribution < -0.4 is 5.32 Å². The van der Waals surface area contributed by atoms with Crippen LogP contribution in [0.1, 0.15) is 44.9 Å². The molecule has 0 saturated heterocycles. The van der Waals surface area contributed by atoms with E-state index < -0.39 is 17.8 Å². The van der Waals surface area contributed by atoms with Gasteiger partial charge >= 0.3 is 5.97 Å². The molecule has 1 saturated carbocycles. The molecule has 4 nitrogen and oxygen atoms in total. The topological polar surface area (TPSA) is 66.4 Å². The molecule has 2 unspecified atom stereocenters. The van der Waals surface area contributed by atoms with Crippen molar-refractivity contribution in [1.29, 1.82) is 0 Å². The van der Waals surface area contributed by atoms with E-state index in [1.54, 1.807) is 0 Å². The predicted molar refractivity (Wildman–Crippen MR) is 72.6 cm³/mol. The highest BCUT2D eigenvalue weighted by molar-refractivity contribution is 5.85. The van der Waals surface area contributed by atoms with Crippen molar-refractivity contribution >= 4 is 11.9 Å². The van der Waals surface area contributed by atoms with Crippen molar-refractivity contribution in [3.63, 3.8) is 0 Å². The molecule has 106 valence electrons. The lowest BCUT2D eigenvalue weighted by atomic mass is 9.82. The fourth-order valence-electron chi connectivity index (χ4n) is 3.21. The van der Waals surface area contributed by atoms with E-state index in [4.69, 9.17) is 5.11 Å². The first kappa shape index (κ1) is 14.1. The highest BCUT2D eigenvalue weighted by atomic mass is 16.4. The third-order valence-corrected chi connectivity index (χ3v) is 4.41. The molecule has 0 bridgehead atoms. The molecular formula is C15H23NO3. The molecule has 1 fully saturated rings. The quantitative estimate of drug-likeness (QED) is 0.750. The fraction of sp³-hybridized carbons (Fsp3) is 0.733. The van der Waals surface area contributed by atoms with Gasteiger partial charge in [-0.1, -0.05) is 37.8 Å². The number of carbonyl (C=O) groups is 2. The number of carboxylic acid groups (broad SMARTS) is 1. The molecule has 0 aromatic heterocycles. The molecule has 0 radical (unpaired) electrons. The van der Waals surface area contributed by atoms with Gasteiger partial charge in [0.2, 0.25) is 5.91 Å². The Morgan fingerprint density at radius 2 is 1.74 bits per heavy atom. The molecule has 2 atom stereocenters. The SMILES string of the molecule is O=C(O)C1CC=CCC1C(=O)NCCC1CCCC1. The van der Waals surface area contributed by atoms with Crippen LogP contribution in [0, 0.1) is 17.8 Å². The summed E-state index contributed by atoms with van der Waals surface area (Å²) in [6.45, 7) is 0.691. The number of rotatable bonds is 5. The first-order valence-corrected chi connectivity index (χ1v) is 7.34. The Morgan fingerprint density at radius 3 is 2.37 bits per heavy atom. The fourth-order valence-corrected chi connectivity index (χ4v) is 3.21.